The van der Waals surface area contributed by atoms with E-state index in [0.717, 1.165) is 17.5 Å². The minimum absolute atomic E-state index is 1.03. The van der Waals surface area contributed by atoms with Gasteiger partial charge in [-0.05, 0) is 125 Å². The number of aryl methyl sites for hydroxylation is 5. The Morgan fingerprint density at radius 3 is 1.57 bits per heavy atom. The summed E-state index contributed by atoms with van der Waals surface area (Å²) in [7, 11) is 0. The molecule has 0 saturated heterocycles. The van der Waals surface area contributed by atoms with E-state index in [2.05, 4.69) is 228 Å². The third-order valence-electron chi connectivity index (χ3n) is 11.5. The Balaban J connectivity index is 0.000000208. The molecule has 0 amide bonds. The molecule has 0 atom stereocenters. The van der Waals surface area contributed by atoms with Crippen LogP contribution < -0.4 is 0 Å². The second-order valence-electron chi connectivity index (χ2n) is 15.8. The highest BCUT2D eigenvalue weighted by atomic mass is 15.0. The van der Waals surface area contributed by atoms with Crippen molar-refractivity contribution in [2.24, 2.45) is 0 Å². The Hall–Kier alpha value is -6.96. The maximum absolute atomic E-state index is 4.03. The molecule has 1 heteroatoms. The molecule has 0 unspecified atom stereocenters. The molecule has 0 spiro atoms. The fourth-order valence-corrected chi connectivity index (χ4v) is 8.32. The van der Waals surface area contributed by atoms with Gasteiger partial charge in [0.15, 0.2) is 0 Å². The van der Waals surface area contributed by atoms with Crippen molar-refractivity contribution in [1.82, 2.24) is 4.57 Å². The van der Waals surface area contributed by atoms with Crippen molar-refractivity contribution in [2.45, 2.75) is 81.6 Å². The normalized spacial score (nSPS) is 10.2. The van der Waals surface area contributed by atoms with E-state index >= 15 is 0 Å². The molecular formula is C64H69N. The summed E-state index contributed by atoms with van der Waals surface area (Å²) in [5.41, 5.74) is 20.2. The van der Waals surface area contributed by atoms with Gasteiger partial charge in [-0.2, -0.15) is 0 Å². The fraction of sp³-hybridized carbons (Fsp3) is 0.188. The topological polar surface area (TPSA) is 4.93 Å². The van der Waals surface area contributed by atoms with Crippen molar-refractivity contribution in [2.75, 3.05) is 0 Å². The van der Waals surface area contributed by atoms with Crippen LogP contribution in [0.15, 0.2) is 195 Å². The smallest absolute Gasteiger partial charge is 0.0544 e. The van der Waals surface area contributed by atoms with E-state index in [1.165, 1.54) is 102 Å². The second kappa shape index (κ2) is 24.8. The van der Waals surface area contributed by atoms with Crippen molar-refractivity contribution in [3.05, 3.63) is 234 Å². The summed E-state index contributed by atoms with van der Waals surface area (Å²) in [5.74, 6) is 0. The van der Waals surface area contributed by atoms with E-state index in [1.807, 2.05) is 45.9 Å². The first-order valence-corrected chi connectivity index (χ1v) is 23.6. The van der Waals surface area contributed by atoms with Gasteiger partial charge in [0.05, 0.1) is 11.0 Å². The summed E-state index contributed by atoms with van der Waals surface area (Å²) < 4.78 is 2.41. The van der Waals surface area contributed by atoms with Crippen LogP contribution in [-0.2, 0) is 12.8 Å². The van der Waals surface area contributed by atoms with Crippen LogP contribution in [0, 0.1) is 20.8 Å². The van der Waals surface area contributed by atoms with Crippen LogP contribution in [0.3, 0.4) is 0 Å². The molecule has 0 radical (unpaired) electrons. The maximum atomic E-state index is 4.03. The van der Waals surface area contributed by atoms with Crippen LogP contribution >= 0.6 is 0 Å². The Morgan fingerprint density at radius 2 is 1.02 bits per heavy atom. The van der Waals surface area contributed by atoms with Crippen LogP contribution in [0.5, 0.6) is 0 Å². The molecule has 0 N–H and O–H groups in total. The van der Waals surface area contributed by atoms with Gasteiger partial charge in [0.25, 0.3) is 0 Å². The lowest BCUT2D eigenvalue weighted by Crippen LogP contribution is -1.95. The molecule has 8 aromatic carbocycles. The molecule has 9 aromatic rings. The van der Waals surface area contributed by atoms with E-state index in [-0.39, 0.29) is 0 Å². The Kier molecular flexibility index (Phi) is 18.7. The van der Waals surface area contributed by atoms with Gasteiger partial charge in [-0.1, -0.05) is 237 Å². The lowest BCUT2D eigenvalue weighted by Gasteiger charge is -2.13. The van der Waals surface area contributed by atoms with Crippen molar-refractivity contribution >= 4 is 34.0 Å². The zero-order valence-electron chi connectivity index (χ0n) is 40.5. The van der Waals surface area contributed by atoms with Gasteiger partial charge in [0.2, 0.25) is 0 Å². The molecular weight excluding hydrogens is 783 g/mol. The van der Waals surface area contributed by atoms with Crippen LogP contribution in [0.4, 0.5) is 0 Å². The molecule has 0 aliphatic heterocycles. The SMILES string of the molecule is C=Cc1cccc(-c2ccc(-n3c4cc(C)ccc4c4c(CC)c(C)ccc43)cc2)c1C=C.CC.CC.CCCc1ccccc1.Cc1ccc(-c2ccc(-c3ccccc3)cc2)cc1. The van der Waals surface area contributed by atoms with Crippen molar-refractivity contribution in [3.63, 3.8) is 0 Å². The fourth-order valence-electron chi connectivity index (χ4n) is 8.32. The summed E-state index contributed by atoms with van der Waals surface area (Å²) >= 11 is 0. The minimum atomic E-state index is 1.03. The number of fused-ring (bicyclic) bond motifs is 3. The lowest BCUT2D eigenvalue weighted by atomic mass is 9.95. The number of nitrogens with zero attached hydrogens (tertiary/aromatic N) is 1. The molecule has 65 heavy (non-hydrogen) atoms. The number of rotatable bonds is 9. The lowest BCUT2D eigenvalue weighted by molar-refractivity contribution is 0.922. The van der Waals surface area contributed by atoms with Crippen LogP contribution in [0.25, 0.3) is 73.0 Å². The zero-order valence-corrected chi connectivity index (χ0v) is 40.5. The Labute approximate surface area is 391 Å². The summed E-state index contributed by atoms with van der Waals surface area (Å²) in [6.45, 7) is 26.9. The van der Waals surface area contributed by atoms with Gasteiger partial charge in [0, 0.05) is 16.5 Å². The standard InChI is InChI=1S/C32H29N.C19H16.C9H12.2C2H6/c1-6-23-10-9-11-28(27(23)8-3)24-14-16-25(17-15-24)33-30-19-13-22(5)26(7-2)32(30)29-18-12-21(4)20-31(29)33;1-15-7-9-17(10-8-15)19-13-11-18(12-14-19)16-5-3-2-4-6-16;1-2-6-9-7-4-3-5-8-9;2*1-2/h6,8-20H,1,3,7H2,2,4-5H3;2-14H,1H3;3-5,7-8H,2,6H2,1H3;2*1-2H3. The van der Waals surface area contributed by atoms with Crippen LogP contribution in [0.2, 0.25) is 0 Å². The van der Waals surface area contributed by atoms with Crippen molar-refractivity contribution in [1.29, 1.82) is 0 Å². The maximum Gasteiger partial charge on any atom is 0.0544 e. The minimum Gasteiger partial charge on any atom is -0.309 e. The van der Waals surface area contributed by atoms with E-state index in [4.69, 9.17) is 0 Å². The summed E-state index contributed by atoms with van der Waals surface area (Å²) in [5, 5.41) is 2.71. The highest BCUT2D eigenvalue weighted by Crippen LogP contribution is 2.37. The van der Waals surface area contributed by atoms with Crippen molar-refractivity contribution < 1.29 is 0 Å². The van der Waals surface area contributed by atoms with Crippen LogP contribution in [0.1, 0.15) is 86.9 Å². The molecule has 0 aliphatic rings. The van der Waals surface area contributed by atoms with Gasteiger partial charge in [-0.25, -0.2) is 0 Å². The number of aromatic nitrogens is 1. The van der Waals surface area contributed by atoms with Gasteiger partial charge in [-0.3, -0.25) is 0 Å². The number of hydrogen-bond donors (Lipinski definition) is 0. The Bertz CT molecular complexity index is 2860. The zero-order chi connectivity index (χ0) is 46.7. The second-order valence-corrected chi connectivity index (χ2v) is 15.8. The molecule has 0 bridgehead atoms. The van der Waals surface area contributed by atoms with Gasteiger partial charge in [0.1, 0.15) is 0 Å². The predicted molar refractivity (Wildman–Crippen MR) is 290 cm³/mol. The van der Waals surface area contributed by atoms with E-state index in [1.54, 1.807) is 0 Å². The summed E-state index contributed by atoms with van der Waals surface area (Å²) in [6.07, 6.45) is 7.29. The Morgan fingerprint density at radius 1 is 0.477 bits per heavy atom. The monoisotopic (exact) mass is 852 g/mol. The van der Waals surface area contributed by atoms with Gasteiger partial charge in [-0.15, -0.1) is 0 Å². The third-order valence-corrected chi connectivity index (χ3v) is 11.5. The highest BCUT2D eigenvalue weighted by molar-refractivity contribution is 6.11. The molecule has 1 nitrogen and oxygen atoms in total. The third kappa shape index (κ3) is 12.0. The number of hydrogen-bond acceptors (Lipinski definition) is 0. The van der Waals surface area contributed by atoms with E-state index in [0.29, 0.717) is 0 Å². The van der Waals surface area contributed by atoms with E-state index < -0.39 is 0 Å². The quantitative estimate of drug-likeness (QED) is 0.136. The average Bonchev–Trinajstić information content (AvgIpc) is 3.69. The summed E-state index contributed by atoms with van der Waals surface area (Å²) in [4.78, 5) is 0. The molecule has 0 saturated carbocycles. The summed E-state index contributed by atoms with van der Waals surface area (Å²) in [6, 6.07) is 65.0. The van der Waals surface area contributed by atoms with Gasteiger partial charge >= 0.3 is 0 Å². The van der Waals surface area contributed by atoms with Gasteiger partial charge < -0.3 is 4.57 Å². The molecule has 9 rings (SSSR count). The van der Waals surface area contributed by atoms with Crippen LogP contribution in [-0.4, -0.2) is 4.57 Å². The molecule has 1 heterocycles. The highest BCUT2D eigenvalue weighted by Gasteiger charge is 2.16. The van der Waals surface area contributed by atoms with E-state index in [9.17, 15) is 0 Å². The first-order valence-electron chi connectivity index (χ1n) is 23.6. The molecule has 330 valence electrons. The molecule has 1 aromatic heterocycles. The largest absolute Gasteiger partial charge is 0.309 e. The first kappa shape index (κ1) is 49.1. The number of benzene rings is 8. The first-order chi connectivity index (χ1) is 31.8. The average molecular weight is 852 g/mol. The van der Waals surface area contributed by atoms with Crippen molar-refractivity contribution in [3.8, 4) is 39.1 Å². The predicted octanol–water partition coefficient (Wildman–Crippen LogP) is 18.9. The molecule has 0 fully saturated rings. The molecule has 0 aliphatic carbocycles.